The van der Waals surface area contributed by atoms with E-state index in [0.717, 1.165) is 48.8 Å². The van der Waals surface area contributed by atoms with Gasteiger partial charge in [0.15, 0.2) is 6.61 Å². The van der Waals surface area contributed by atoms with Crippen molar-refractivity contribution in [3.63, 3.8) is 0 Å². The Bertz CT molecular complexity index is 795. The summed E-state index contributed by atoms with van der Waals surface area (Å²) in [6, 6.07) is 14.6. The van der Waals surface area contributed by atoms with E-state index in [1.807, 2.05) is 49.1 Å². The molecule has 136 valence electrons. The van der Waals surface area contributed by atoms with Gasteiger partial charge >= 0.3 is 0 Å². The monoisotopic (exact) mass is 351 g/mol. The maximum Gasteiger partial charge on any atom is 0.261 e. The van der Waals surface area contributed by atoms with Gasteiger partial charge in [-0.2, -0.15) is 0 Å². The van der Waals surface area contributed by atoms with Crippen molar-refractivity contribution in [1.29, 1.82) is 0 Å². The van der Waals surface area contributed by atoms with Gasteiger partial charge < -0.3 is 9.64 Å². The maximum atomic E-state index is 12.6. The number of benzene rings is 1. The molecule has 26 heavy (non-hydrogen) atoms. The van der Waals surface area contributed by atoms with Gasteiger partial charge in [-0.3, -0.25) is 14.7 Å². The summed E-state index contributed by atoms with van der Waals surface area (Å²) in [5, 5.41) is 0. The van der Waals surface area contributed by atoms with Gasteiger partial charge in [-0.25, -0.2) is 0 Å². The van der Waals surface area contributed by atoms with Crippen molar-refractivity contribution in [3.05, 3.63) is 59.4 Å². The molecule has 3 aliphatic heterocycles. The maximum absolute atomic E-state index is 12.6. The molecule has 0 N–H and O–H groups in total. The lowest BCUT2D eigenvalue weighted by Crippen LogP contribution is -2.70. The summed E-state index contributed by atoms with van der Waals surface area (Å²) in [6.45, 7) is 6.83. The summed E-state index contributed by atoms with van der Waals surface area (Å²) in [5.41, 5.74) is 3.21. The predicted molar refractivity (Wildman–Crippen MR) is 100.0 cm³/mol. The van der Waals surface area contributed by atoms with E-state index < -0.39 is 0 Å². The minimum Gasteiger partial charge on any atom is -0.484 e. The fourth-order valence-corrected chi connectivity index (χ4v) is 4.08. The third-order valence-corrected chi connectivity index (χ3v) is 5.33. The van der Waals surface area contributed by atoms with Crippen LogP contribution in [0, 0.1) is 13.8 Å². The standard InChI is InChI=1S/C21H25N3O2/c1-15-6-3-4-9-20(15)26-14-21(25)24-18-10-19(24)13-23(12-18)11-17-8-5-7-16(2)22-17/h3-9,18-19H,10-14H2,1-2H3. The molecule has 0 saturated carbocycles. The van der Waals surface area contributed by atoms with E-state index in [0.29, 0.717) is 12.1 Å². The van der Waals surface area contributed by atoms with E-state index in [2.05, 4.69) is 22.0 Å². The average molecular weight is 351 g/mol. The molecule has 2 unspecified atom stereocenters. The number of para-hydroxylation sites is 1. The van der Waals surface area contributed by atoms with Crippen LogP contribution in [0.5, 0.6) is 5.75 Å². The van der Waals surface area contributed by atoms with E-state index in [1.54, 1.807) is 0 Å². The van der Waals surface area contributed by atoms with Crippen molar-refractivity contribution in [2.45, 2.75) is 38.9 Å². The fourth-order valence-electron chi connectivity index (χ4n) is 4.08. The summed E-state index contributed by atoms with van der Waals surface area (Å²) in [6.07, 6.45) is 1.11. The molecule has 1 amide bonds. The van der Waals surface area contributed by atoms with Crippen LogP contribution in [0.1, 0.15) is 23.4 Å². The molecule has 3 saturated heterocycles. The van der Waals surface area contributed by atoms with Crippen molar-refractivity contribution >= 4 is 5.91 Å². The second-order valence-electron chi connectivity index (χ2n) is 7.36. The third-order valence-electron chi connectivity index (χ3n) is 5.33. The Labute approximate surface area is 154 Å². The summed E-state index contributed by atoms with van der Waals surface area (Å²) >= 11 is 0. The van der Waals surface area contributed by atoms with E-state index in [4.69, 9.17) is 4.74 Å². The molecule has 2 atom stereocenters. The molecule has 3 fully saturated rings. The number of fused-ring (bicyclic) bond motifs is 2. The topological polar surface area (TPSA) is 45.7 Å². The Balaban J connectivity index is 1.31. The number of rotatable bonds is 5. The lowest BCUT2D eigenvalue weighted by Gasteiger charge is -2.56. The van der Waals surface area contributed by atoms with Crippen molar-refractivity contribution < 1.29 is 9.53 Å². The highest BCUT2D eigenvalue weighted by Crippen LogP contribution is 2.33. The molecular weight excluding hydrogens is 326 g/mol. The van der Waals surface area contributed by atoms with Gasteiger partial charge in [0.05, 0.1) is 5.69 Å². The first-order valence-corrected chi connectivity index (χ1v) is 9.24. The van der Waals surface area contributed by atoms with Crippen LogP contribution in [0.4, 0.5) is 0 Å². The van der Waals surface area contributed by atoms with Crippen LogP contribution in [-0.4, -0.2) is 52.5 Å². The highest BCUT2D eigenvalue weighted by atomic mass is 16.5. The molecule has 3 aliphatic rings. The zero-order valence-corrected chi connectivity index (χ0v) is 15.4. The molecule has 5 rings (SSSR count). The molecule has 4 heterocycles. The first-order valence-electron chi connectivity index (χ1n) is 9.24. The van der Waals surface area contributed by atoms with Crippen LogP contribution in [0.25, 0.3) is 0 Å². The predicted octanol–water partition coefficient (Wildman–Crippen LogP) is 2.56. The molecule has 0 radical (unpaired) electrons. The van der Waals surface area contributed by atoms with Crippen LogP contribution in [0.15, 0.2) is 42.5 Å². The third kappa shape index (κ3) is 3.44. The number of nitrogens with zero attached hydrogens (tertiary/aromatic N) is 3. The summed E-state index contributed by atoms with van der Waals surface area (Å²) in [5.74, 6) is 0.890. The number of carbonyl (C=O) groups is 1. The largest absolute Gasteiger partial charge is 0.484 e. The van der Waals surface area contributed by atoms with Crippen molar-refractivity contribution in [3.8, 4) is 5.75 Å². The fraction of sp³-hybridized carbons (Fsp3) is 0.429. The number of hydrogen-bond acceptors (Lipinski definition) is 4. The van der Waals surface area contributed by atoms with Crippen LogP contribution in [0.2, 0.25) is 0 Å². The number of piperazine rings is 1. The summed E-state index contributed by atoms with van der Waals surface area (Å²) in [7, 11) is 0. The zero-order chi connectivity index (χ0) is 18.1. The van der Waals surface area contributed by atoms with Gasteiger partial charge in [0.25, 0.3) is 5.91 Å². The van der Waals surface area contributed by atoms with Crippen LogP contribution >= 0.6 is 0 Å². The molecule has 1 aromatic carbocycles. The Morgan fingerprint density at radius 2 is 1.88 bits per heavy atom. The summed E-state index contributed by atoms with van der Waals surface area (Å²) < 4.78 is 5.74. The highest BCUT2D eigenvalue weighted by Gasteiger charge is 2.47. The van der Waals surface area contributed by atoms with Crippen LogP contribution < -0.4 is 4.74 Å². The minimum absolute atomic E-state index is 0.0998. The number of pyridine rings is 1. The molecule has 2 aromatic rings. The Hall–Kier alpha value is -2.40. The van der Waals surface area contributed by atoms with Gasteiger partial charge in [0, 0.05) is 37.4 Å². The van der Waals surface area contributed by atoms with Crippen molar-refractivity contribution in [2.24, 2.45) is 0 Å². The molecule has 0 spiro atoms. The first kappa shape index (κ1) is 17.0. The first-order chi connectivity index (χ1) is 12.6. The molecule has 2 bridgehead atoms. The number of carbonyl (C=O) groups excluding carboxylic acids is 1. The van der Waals surface area contributed by atoms with Crippen LogP contribution in [-0.2, 0) is 11.3 Å². The van der Waals surface area contributed by atoms with Gasteiger partial charge in [-0.05, 0) is 44.0 Å². The molecule has 0 aliphatic carbocycles. The van der Waals surface area contributed by atoms with E-state index in [1.165, 1.54) is 0 Å². The van der Waals surface area contributed by atoms with Gasteiger partial charge in [0.1, 0.15) is 5.75 Å². The second kappa shape index (κ2) is 7.08. The number of piperidine rings is 1. The van der Waals surface area contributed by atoms with E-state index in [-0.39, 0.29) is 12.5 Å². The lowest BCUT2D eigenvalue weighted by atomic mass is 9.87. The Kier molecular flexibility index (Phi) is 4.64. The van der Waals surface area contributed by atoms with Gasteiger partial charge in [-0.15, -0.1) is 0 Å². The smallest absolute Gasteiger partial charge is 0.261 e. The lowest BCUT2D eigenvalue weighted by molar-refractivity contribution is -0.156. The average Bonchev–Trinajstić information content (AvgIpc) is 2.61. The van der Waals surface area contributed by atoms with Gasteiger partial charge in [-0.1, -0.05) is 24.3 Å². The zero-order valence-electron chi connectivity index (χ0n) is 15.4. The SMILES string of the molecule is Cc1cccc(CN2CC3CC(C2)N3C(=O)COc2ccccc2C)n1. The van der Waals surface area contributed by atoms with Crippen LogP contribution in [0.3, 0.4) is 0 Å². The van der Waals surface area contributed by atoms with Crippen molar-refractivity contribution in [2.75, 3.05) is 19.7 Å². The Morgan fingerprint density at radius 3 is 2.62 bits per heavy atom. The van der Waals surface area contributed by atoms with Crippen molar-refractivity contribution in [1.82, 2.24) is 14.8 Å². The molecular formula is C21H25N3O2. The minimum atomic E-state index is 0.0998. The highest BCUT2D eigenvalue weighted by molar-refractivity contribution is 5.79. The quantitative estimate of drug-likeness (QED) is 0.831. The molecule has 1 aromatic heterocycles. The van der Waals surface area contributed by atoms with E-state index in [9.17, 15) is 4.79 Å². The van der Waals surface area contributed by atoms with E-state index >= 15 is 0 Å². The number of aryl methyl sites for hydroxylation is 2. The van der Waals surface area contributed by atoms with Gasteiger partial charge in [0.2, 0.25) is 0 Å². The summed E-state index contributed by atoms with van der Waals surface area (Å²) in [4.78, 5) is 21.6. The second-order valence-corrected chi connectivity index (χ2v) is 7.36. The number of ether oxygens (including phenoxy) is 1. The molecule has 5 nitrogen and oxygen atoms in total. The Morgan fingerprint density at radius 1 is 1.12 bits per heavy atom. The number of hydrogen-bond donors (Lipinski definition) is 0. The number of aromatic nitrogens is 1. The number of amides is 1. The molecule has 5 heteroatoms. The normalized spacial score (nSPS) is 22.0.